The number of ether oxygens (including phenoxy) is 1. The summed E-state index contributed by atoms with van der Waals surface area (Å²) in [5.74, 6) is 0. The summed E-state index contributed by atoms with van der Waals surface area (Å²) >= 11 is 0. The summed E-state index contributed by atoms with van der Waals surface area (Å²) in [7, 11) is 0. The molecule has 0 aromatic heterocycles. The number of amides is 1. The summed E-state index contributed by atoms with van der Waals surface area (Å²) in [6.07, 6.45) is 8.44. The molecule has 3 aliphatic rings. The quantitative estimate of drug-likeness (QED) is 0.845. The Labute approximate surface area is 122 Å². The zero-order chi connectivity index (χ0) is 14.3. The van der Waals surface area contributed by atoms with E-state index in [2.05, 4.69) is 5.32 Å². The van der Waals surface area contributed by atoms with Crippen molar-refractivity contribution in [3.63, 3.8) is 0 Å². The van der Waals surface area contributed by atoms with E-state index in [1.807, 2.05) is 25.7 Å². The third kappa shape index (κ3) is 2.95. The van der Waals surface area contributed by atoms with Crippen LogP contribution in [0.15, 0.2) is 0 Å². The van der Waals surface area contributed by atoms with Gasteiger partial charge in [-0.15, -0.1) is 0 Å². The van der Waals surface area contributed by atoms with Gasteiger partial charge in [0.2, 0.25) is 0 Å². The molecule has 4 nitrogen and oxygen atoms in total. The fraction of sp³-hybridized carbons (Fsp3) is 0.938. The molecule has 2 atom stereocenters. The first-order chi connectivity index (χ1) is 9.42. The number of piperidine rings is 1. The molecule has 2 unspecified atom stereocenters. The lowest BCUT2D eigenvalue weighted by Gasteiger charge is -2.42. The lowest BCUT2D eigenvalue weighted by atomic mass is 9.89. The summed E-state index contributed by atoms with van der Waals surface area (Å²) in [5.41, 5.74) is -0.391. The van der Waals surface area contributed by atoms with Gasteiger partial charge < -0.3 is 15.0 Å². The number of hydrogen-bond donors (Lipinski definition) is 1. The highest BCUT2D eigenvalue weighted by atomic mass is 16.6. The van der Waals surface area contributed by atoms with Crippen LogP contribution in [0.2, 0.25) is 0 Å². The molecule has 1 N–H and O–H groups in total. The first-order valence-electron chi connectivity index (χ1n) is 8.20. The van der Waals surface area contributed by atoms with E-state index >= 15 is 0 Å². The van der Waals surface area contributed by atoms with Crippen molar-refractivity contribution < 1.29 is 9.53 Å². The fourth-order valence-electron chi connectivity index (χ4n) is 3.83. The van der Waals surface area contributed by atoms with Gasteiger partial charge in [0.15, 0.2) is 0 Å². The molecule has 20 heavy (non-hydrogen) atoms. The van der Waals surface area contributed by atoms with Gasteiger partial charge in [0.05, 0.1) is 0 Å². The molecule has 1 aliphatic carbocycles. The van der Waals surface area contributed by atoms with Crippen LogP contribution in [0.25, 0.3) is 0 Å². The average molecular weight is 280 g/mol. The maximum atomic E-state index is 12.4. The van der Waals surface area contributed by atoms with E-state index in [9.17, 15) is 4.79 Å². The standard InChI is InChI=1S/C16H28N2O2/c1-16(2,3)20-15(19)18-13-7-8-14(18)10-12(9-13)17-11-5-4-6-11/h11-14,17H,4-10H2,1-3H3. The second kappa shape index (κ2) is 5.21. The number of fused-ring (bicyclic) bond motifs is 2. The number of rotatable bonds is 2. The van der Waals surface area contributed by atoms with Gasteiger partial charge in [0, 0.05) is 24.2 Å². The van der Waals surface area contributed by atoms with E-state index in [1.54, 1.807) is 0 Å². The SMILES string of the molecule is CC(C)(C)OC(=O)N1C2CCC1CC(NC1CCC1)C2. The van der Waals surface area contributed by atoms with Crippen LogP contribution in [0.5, 0.6) is 0 Å². The maximum Gasteiger partial charge on any atom is 0.410 e. The van der Waals surface area contributed by atoms with Gasteiger partial charge >= 0.3 is 6.09 Å². The Hall–Kier alpha value is -0.770. The van der Waals surface area contributed by atoms with Crippen LogP contribution < -0.4 is 5.32 Å². The zero-order valence-electron chi connectivity index (χ0n) is 13.0. The summed E-state index contributed by atoms with van der Waals surface area (Å²) in [6.45, 7) is 5.83. The van der Waals surface area contributed by atoms with Gasteiger partial charge in [-0.05, 0) is 59.3 Å². The Morgan fingerprint density at radius 3 is 2.10 bits per heavy atom. The minimum absolute atomic E-state index is 0.105. The molecule has 2 bridgehead atoms. The molecule has 2 aliphatic heterocycles. The molecule has 3 rings (SSSR count). The van der Waals surface area contributed by atoms with Crippen LogP contribution in [0, 0.1) is 0 Å². The van der Waals surface area contributed by atoms with Crippen molar-refractivity contribution in [1.29, 1.82) is 0 Å². The highest BCUT2D eigenvalue weighted by Gasteiger charge is 2.45. The van der Waals surface area contributed by atoms with Gasteiger partial charge in [0.1, 0.15) is 5.60 Å². The molecular weight excluding hydrogens is 252 g/mol. The topological polar surface area (TPSA) is 41.6 Å². The van der Waals surface area contributed by atoms with Crippen molar-refractivity contribution >= 4 is 6.09 Å². The summed E-state index contributed by atoms with van der Waals surface area (Å²) in [4.78, 5) is 14.4. The first-order valence-corrected chi connectivity index (χ1v) is 8.20. The molecule has 0 radical (unpaired) electrons. The molecular formula is C16H28N2O2. The molecule has 0 aromatic rings. The largest absolute Gasteiger partial charge is 0.444 e. The van der Waals surface area contributed by atoms with Crippen LogP contribution in [0.4, 0.5) is 4.79 Å². The number of carbonyl (C=O) groups is 1. The maximum absolute atomic E-state index is 12.4. The molecule has 2 saturated heterocycles. The normalized spacial score (nSPS) is 34.0. The van der Waals surface area contributed by atoms with E-state index in [-0.39, 0.29) is 6.09 Å². The van der Waals surface area contributed by atoms with Gasteiger partial charge in [-0.2, -0.15) is 0 Å². The Morgan fingerprint density at radius 2 is 1.65 bits per heavy atom. The van der Waals surface area contributed by atoms with E-state index in [1.165, 1.54) is 19.3 Å². The Balaban J connectivity index is 1.58. The minimum atomic E-state index is -0.391. The van der Waals surface area contributed by atoms with Crippen molar-refractivity contribution in [2.75, 3.05) is 0 Å². The van der Waals surface area contributed by atoms with E-state index in [4.69, 9.17) is 4.74 Å². The molecule has 114 valence electrons. The third-order valence-corrected chi connectivity index (χ3v) is 4.91. The predicted octanol–water partition coefficient (Wildman–Crippen LogP) is 3.06. The van der Waals surface area contributed by atoms with Crippen LogP contribution in [0.3, 0.4) is 0 Å². The van der Waals surface area contributed by atoms with Crippen LogP contribution in [-0.4, -0.2) is 40.8 Å². The average Bonchev–Trinajstić information content (AvgIpc) is 2.54. The second-order valence-electron chi connectivity index (χ2n) is 7.74. The number of nitrogens with one attached hydrogen (secondary N) is 1. The Kier molecular flexibility index (Phi) is 3.69. The van der Waals surface area contributed by atoms with Gasteiger partial charge in [-0.1, -0.05) is 6.42 Å². The molecule has 0 aromatic carbocycles. The van der Waals surface area contributed by atoms with Crippen molar-refractivity contribution in [2.24, 2.45) is 0 Å². The lowest BCUT2D eigenvalue weighted by molar-refractivity contribution is 0.00381. The smallest absolute Gasteiger partial charge is 0.410 e. The third-order valence-electron chi connectivity index (χ3n) is 4.91. The highest BCUT2D eigenvalue weighted by molar-refractivity contribution is 5.69. The number of carbonyl (C=O) groups excluding carboxylic acids is 1. The lowest BCUT2D eigenvalue weighted by Crippen LogP contribution is -2.54. The van der Waals surface area contributed by atoms with Gasteiger partial charge in [-0.25, -0.2) is 4.79 Å². The predicted molar refractivity (Wildman–Crippen MR) is 78.7 cm³/mol. The number of hydrogen-bond acceptors (Lipinski definition) is 3. The molecule has 0 spiro atoms. The van der Waals surface area contributed by atoms with Crippen molar-refractivity contribution in [3.8, 4) is 0 Å². The second-order valence-corrected chi connectivity index (χ2v) is 7.74. The summed E-state index contributed by atoms with van der Waals surface area (Å²) in [5, 5.41) is 3.79. The Bertz CT molecular complexity index is 359. The van der Waals surface area contributed by atoms with Crippen molar-refractivity contribution in [1.82, 2.24) is 10.2 Å². The van der Waals surface area contributed by atoms with Crippen LogP contribution >= 0.6 is 0 Å². The van der Waals surface area contributed by atoms with E-state index in [0.717, 1.165) is 31.7 Å². The summed E-state index contributed by atoms with van der Waals surface area (Å²) < 4.78 is 5.57. The van der Waals surface area contributed by atoms with Gasteiger partial charge in [-0.3, -0.25) is 0 Å². The fourth-order valence-corrected chi connectivity index (χ4v) is 3.83. The molecule has 1 amide bonds. The molecule has 3 fully saturated rings. The monoisotopic (exact) mass is 280 g/mol. The van der Waals surface area contributed by atoms with Crippen molar-refractivity contribution in [3.05, 3.63) is 0 Å². The van der Waals surface area contributed by atoms with Gasteiger partial charge in [0.25, 0.3) is 0 Å². The highest BCUT2D eigenvalue weighted by Crippen LogP contribution is 2.37. The van der Waals surface area contributed by atoms with Crippen LogP contribution in [0.1, 0.15) is 65.7 Å². The van der Waals surface area contributed by atoms with E-state index < -0.39 is 5.60 Å². The first kappa shape index (κ1) is 14.2. The van der Waals surface area contributed by atoms with Crippen molar-refractivity contribution in [2.45, 2.75) is 95.5 Å². The zero-order valence-corrected chi connectivity index (χ0v) is 13.0. The number of nitrogens with zero attached hydrogens (tertiary/aromatic N) is 1. The summed E-state index contributed by atoms with van der Waals surface area (Å²) in [6, 6.07) is 2.13. The van der Waals surface area contributed by atoms with Crippen LogP contribution in [-0.2, 0) is 4.74 Å². The molecule has 2 heterocycles. The van der Waals surface area contributed by atoms with E-state index in [0.29, 0.717) is 18.1 Å². The molecule has 1 saturated carbocycles. The Morgan fingerprint density at radius 1 is 1.05 bits per heavy atom. The minimum Gasteiger partial charge on any atom is -0.444 e. The molecule has 4 heteroatoms.